The monoisotopic (exact) mass is 431 g/mol. The van der Waals surface area contributed by atoms with Crippen LogP contribution in [0.1, 0.15) is 20.8 Å². The van der Waals surface area contributed by atoms with Crippen molar-refractivity contribution in [1.82, 2.24) is 19.8 Å². The number of rotatable bonds is 8. The minimum absolute atomic E-state index is 0.0193. The maximum absolute atomic E-state index is 12.5. The Morgan fingerprint density at radius 1 is 1.14 bits per heavy atom. The van der Waals surface area contributed by atoms with E-state index in [1.807, 2.05) is 0 Å². The first-order valence-electron chi connectivity index (χ1n) is 9.24. The van der Waals surface area contributed by atoms with Crippen molar-refractivity contribution in [1.29, 1.82) is 0 Å². The van der Waals surface area contributed by atoms with Gasteiger partial charge in [0.1, 0.15) is 5.41 Å². The van der Waals surface area contributed by atoms with Crippen LogP contribution >= 0.6 is 0 Å². The van der Waals surface area contributed by atoms with E-state index in [9.17, 15) is 27.6 Å². The third-order valence-corrected chi connectivity index (χ3v) is 6.71. The summed E-state index contributed by atoms with van der Waals surface area (Å²) in [4.78, 5) is 49.4. The Kier molecular flexibility index (Phi) is 6.29. The molecule has 2 aliphatic heterocycles. The molecule has 2 saturated heterocycles. The molecular weight excluding hydrogens is 402 g/mol. The molecule has 2 heterocycles. The van der Waals surface area contributed by atoms with Crippen LogP contribution < -0.4 is 16.4 Å². The van der Waals surface area contributed by atoms with Gasteiger partial charge in [0, 0.05) is 46.2 Å². The molecule has 0 aromatic heterocycles. The van der Waals surface area contributed by atoms with Crippen molar-refractivity contribution in [2.24, 2.45) is 22.5 Å². The quantitative estimate of drug-likeness (QED) is 0.384. The van der Waals surface area contributed by atoms with E-state index in [4.69, 9.17) is 5.73 Å². The minimum Gasteiger partial charge on any atom is -0.369 e. The predicted molar refractivity (Wildman–Crippen MR) is 104 cm³/mol. The molecule has 0 spiro atoms. The average Bonchev–Trinajstić information content (AvgIpc) is 2.48. The molecule has 0 atom stereocenters. The van der Waals surface area contributed by atoms with Crippen molar-refractivity contribution in [3.63, 3.8) is 0 Å². The molecule has 12 heteroatoms. The van der Waals surface area contributed by atoms with E-state index in [2.05, 4.69) is 10.6 Å². The van der Waals surface area contributed by atoms with Crippen LogP contribution in [0.4, 0.5) is 0 Å². The summed E-state index contributed by atoms with van der Waals surface area (Å²) in [6, 6.07) is 0. The molecule has 4 amide bonds. The van der Waals surface area contributed by atoms with E-state index in [0.717, 1.165) is 6.26 Å². The zero-order valence-electron chi connectivity index (χ0n) is 17.1. The fourth-order valence-electron chi connectivity index (χ4n) is 3.23. The second kappa shape index (κ2) is 7.90. The number of nitrogens with two attached hydrogens (primary N) is 1. The van der Waals surface area contributed by atoms with Crippen LogP contribution in [-0.2, 0) is 29.2 Å². The lowest BCUT2D eigenvalue weighted by molar-refractivity contribution is -0.157. The number of carbonyl (C=O) groups is 4. The first-order valence-corrected chi connectivity index (χ1v) is 11.1. The van der Waals surface area contributed by atoms with Gasteiger partial charge >= 0.3 is 0 Å². The predicted octanol–water partition coefficient (Wildman–Crippen LogP) is -2.53. The average molecular weight is 432 g/mol. The van der Waals surface area contributed by atoms with E-state index in [0.29, 0.717) is 0 Å². The lowest BCUT2D eigenvalue weighted by Crippen LogP contribution is -2.70. The molecule has 0 bridgehead atoms. The molecule has 2 aliphatic rings. The van der Waals surface area contributed by atoms with E-state index in [-0.39, 0.29) is 57.0 Å². The van der Waals surface area contributed by atoms with Crippen molar-refractivity contribution in [3.05, 3.63) is 0 Å². The number of sulfonamides is 1. The number of likely N-dealkylation sites (tertiary alicyclic amines) is 1. The topological polar surface area (TPSA) is 159 Å². The van der Waals surface area contributed by atoms with Gasteiger partial charge in [-0.2, -0.15) is 0 Å². The normalized spacial score (nSPS) is 19.7. The van der Waals surface area contributed by atoms with Crippen molar-refractivity contribution in [3.8, 4) is 0 Å². The standard InChI is InChI=1S/C17H29N5O6S/c1-11(23)19-7-16(2,3)15(26)20-8-17(14(18)25)9-21(10-17)13(24)12-5-22(6-12)29(4,27)28/h12H,5-10H2,1-4H3,(H2,18,25)(H,19,23)(H,20,26). The Morgan fingerprint density at radius 2 is 1.69 bits per heavy atom. The van der Waals surface area contributed by atoms with Crippen molar-refractivity contribution in [2.45, 2.75) is 20.8 Å². The highest BCUT2D eigenvalue weighted by atomic mass is 32.2. The van der Waals surface area contributed by atoms with E-state index in [1.54, 1.807) is 13.8 Å². The summed E-state index contributed by atoms with van der Waals surface area (Å²) in [5, 5.41) is 5.28. The Morgan fingerprint density at radius 3 is 2.14 bits per heavy atom. The Bertz CT molecular complexity index is 812. The van der Waals surface area contributed by atoms with Crippen molar-refractivity contribution in [2.75, 3.05) is 45.5 Å². The SMILES string of the molecule is CC(=O)NCC(C)(C)C(=O)NCC1(C(N)=O)CN(C(=O)C2CN(S(C)(=O)=O)C2)C1. The number of nitrogens with one attached hydrogen (secondary N) is 2. The summed E-state index contributed by atoms with van der Waals surface area (Å²) in [6.45, 7) is 5.21. The minimum atomic E-state index is -3.31. The van der Waals surface area contributed by atoms with Gasteiger partial charge in [-0.3, -0.25) is 19.2 Å². The summed E-state index contributed by atoms with van der Waals surface area (Å²) in [5.74, 6) is -1.87. The second-order valence-electron chi connectivity index (χ2n) is 8.59. The van der Waals surface area contributed by atoms with Gasteiger partial charge < -0.3 is 21.3 Å². The third kappa shape index (κ3) is 5.04. The summed E-state index contributed by atoms with van der Waals surface area (Å²) in [5.41, 5.74) is 3.57. The highest BCUT2D eigenvalue weighted by molar-refractivity contribution is 7.88. The van der Waals surface area contributed by atoms with Gasteiger partial charge in [0.15, 0.2) is 0 Å². The van der Waals surface area contributed by atoms with Gasteiger partial charge in [-0.15, -0.1) is 0 Å². The number of hydrogen-bond acceptors (Lipinski definition) is 6. The van der Waals surface area contributed by atoms with E-state index >= 15 is 0 Å². The molecule has 0 aliphatic carbocycles. The van der Waals surface area contributed by atoms with Crippen LogP contribution in [0, 0.1) is 16.7 Å². The van der Waals surface area contributed by atoms with Crippen LogP contribution in [0.2, 0.25) is 0 Å². The van der Waals surface area contributed by atoms with Gasteiger partial charge in [0.2, 0.25) is 33.7 Å². The fourth-order valence-corrected chi connectivity index (χ4v) is 4.13. The molecule has 0 radical (unpaired) electrons. The molecule has 29 heavy (non-hydrogen) atoms. The van der Waals surface area contributed by atoms with Crippen LogP contribution in [0.5, 0.6) is 0 Å². The number of primary amides is 1. The van der Waals surface area contributed by atoms with Crippen LogP contribution in [0.15, 0.2) is 0 Å². The first-order chi connectivity index (χ1) is 13.2. The Hall–Kier alpha value is -2.21. The van der Waals surface area contributed by atoms with Crippen molar-refractivity contribution >= 4 is 33.7 Å². The van der Waals surface area contributed by atoms with E-state index in [1.165, 1.54) is 16.1 Å². The summed E-state index contributed by atoms with van der Waals surface area (Å²) >= 11 is 0. The zero-order valence-corrected chi connectivity index (χ0v) is 18.0. The number of hydrogen-bond donors (Lipinski definition) is 3. The van der Waals surface area contributed by atoms with Crippen LogP contribution in [-0.4, -0.2) is 86.8 Å². The maximum Gasteiger partial charge on any atom is 0.229 e. The molecule has 2 fully saturated rings. The van der Waals surface area contributed by atoms with Gasteiger partial charge in [-0.05, 0) is 13.8 Å². The molecule has 164 valence electrons. The fraction of sp³-hybridized carbons (Fsp3) is 0.765. The molecule has 4 N–H and O–H groups in total. The van der Waals surface area contributed by atoms with Gasteiger partial charge in [-0.1, -0.05) is 0 Å². The lowest BCUT2D eigenvalue weighted by atomic mass is 9.77. The zero-order chi connectivity index (χ0) is 22.2. The Balaban J connectivity index is 1.88. The first kappa shape index (κ1) is 23.1. The maximum atomic E-state index is 12.5. The lowest BCUT2D eigenvalue weighted by Gasteiger charge is -2.50. The second-order valence-corrected chi connectivity index (χ2v) is 10.6. The Labute approximate surface area is 170 Å². The number of amides is 4. The largest absolute Gasteiger partial charge is 0.369 e. The van der Waals surface area contributed by atoms with Crippen LogP contribution in [0.25, 0.3) is 0 Å². The highest BCUT2D eigenvalue weighted by Crippen LogP contribution is 2.33. The number of carbonyl (C=O) groups excluding carboxylic acids is 4. The molecule has 2 rings (SSSR count). The van der Waals surface area contributed by atoms with Crippen molar-refractivity contribution < 1.29 is 27.6 Å². The van der Waals surface area contributed by atoms with Gasteiger partial charge in [0.25, 0.3) is 0 Å². The molecule has 0 saturated carbocycles. The van der Waals surface area contributed by atoms with Gasteiger partial charge in [0.05, 0.1) is 17.6 Å². The van der Waals surface area contributed by atoms with Gasteiger partial charge in [-0.25, -0.2) is 12.7 Å². The highest BCUT2D eigenvalue weighted by Gasteiger charge is 2.53. The molecular formula is C17H29N5O6S. The molecule has 0 aromatic carbocycles. The molecule has 0 aromatic rings. The molecule has 11 nitrogen and oxygen atoms in total. The molecule has 0 unspecified atom stereocenters. The number of nitrogens with zero attached hydrogens (tertiary/aromatic N) is 2. The third-order valence-electron chi connectivity index (χ3n) is 5.47. The van der Waals surface area contributed by atoms with E-state index < -0.39 is 32.7 Å². The van der Waals surface area contributed by atoms with Crippen LogP contribution in [0.3, 0.4) is 0 Å². The summed E-state index contributed by atoms with van der Waals surface area (Å²) < 4.78 is 24.1. The summed E-state index contributed by atoms with van der Waals surface area (Å²) in [7, 11) is -3.31. The summed E-state index contributed by atoms with van der Waals surface area (Å²) in [6.07, 6.45) is 1.09. The smallest absolute Gasteiger partial charge is 0.229 e.